The van der Waals surface area contributed by atoms with Gasteiger partial charge >= 0.3 is 0 Å². The number of amides is 2. The van der Waals surface area contributed by atoms with Crippen LogP contribution in [0.3, 0.4) is 0 Å². The predicted octanol–water partition coefficient (Wildman–Crippen LogP) is 1.86. The maximum Gasteiger partial charge on any atom is 0.276 e. The number of nitrogens with zero attached hydrogens (tertiary/aromatic N) is 1. The number of hydrazine groups is 1. The Morgan fingerprint density at radius 1 is 0.923 bits per heavy atom. The van der Waals surface area contributed by atoms with Crippen LogP contribution in [0.25, 0.3) is 0 Å². The summed E-state index contributed by atoms with van der Waals surface area (Å²) in [6, 6.07) is 15.8. The van der Waals surface area contributed by atoms with Crippen LogP contribution >= 0.6 is 0 Å². The number of nitrogens with one attached hydrogen (secondary N) is 2. The van der Waals surface area contributed by atoms with Crippen LogP contribution in [0.2, 0.25) is 0 Å². The molecule has 0 aliphatic heterocycles. The van der Waals surface area contributed by atoms with Gasteiger partial charge in [0.05, 0.1) is 24.7 Å². The van der Waals surface area contributed by atoms with Gasteiger partial charge in [0.1, 0.15) is 11.5 Å². The van der Waals surface area contributed by atoms with E-state index in [0.29, 0.717) is 17.1 Å². The topological polar surface area (TPSA) is 100 Å². The number of carbonyl (C=O) groups excluding carboxylic acids is 2. The second-order valence-electron chi connectivity index (χ2n) is 5.43. The lowest BCUT2D eigenvalue weighted by Crippen LogP contribution is -2.44. The summed E-state index contributed by atoms with van der Waals surface area (Å²) < 4.78 is 10.7. The molecule has 0 saturated carbocycles. The molecule has 2 amide bonds. The van der Waals surface area contributed by atoms with Crippen LogP contribution in [0.4, 0.5) is 0 Å². The Bertz CT molecular complexity index is 780. The van der Waals surface area contributed by atoms with E-state index in [0.717, 1.165) is 5.56 Å². The van der Waals surface area contributed by atoms with Gasteiger partial charge in [0.15, 0.2) is 6.61 Å². The van der Waals surface area contributed by atoms with Gasteiger partial charge in [-0.1, -0.05) is 17.7 Å². The van der Waals surface area contributed by atoms with Gasteiger partial charge in [-0.2, -0.15) is 5.26 Å². The standard InChI is InChI=1S/C19H19N3O4/c1-14-2-6-16(7-3-14)25-11-10-18(23)21-22-19(24)13-26-17-8-4-15(12-20)5-9-17/h2-9H,10-11,13H2,1H3,(H,21,23)(H,22,24). The van der Waals surface area contributed by atoms with Gasteiger partial charge in [-0.25, -0.2) is 0 Å². The third kappa shape index (κ3) is 6.53. The van der Waals surface area contributed by atoms with Crippen molar-refractivity contribution in [2.75, 3.05) is 13.2 Å². The Hall–Kier alpha value is -3.53. The zero-order valence-electron chi connectivity index (χ0n) is 14.3. The zero-order valence-corrected chi connectivity index (χ0v) is 14.3. The van der Waals surface area contributed by atoms with Crippen molar-refractivity contribution < 1.29 is 19.1 Å². The summed E-state index contributed by atoms with van der Waals surface area (Å²) in [5.74, 6) is 0.270. The summed E-state index contributed by atoms with van der Waals surface area (Å²) >= 11 is 0. The van der Waals surface area contributed by atoms with Gasteiger partial charge in [-0.15, -0.1) is 0 Å². The minimum absolute atomic E-state index is 0.102. The Morgan fingerprint density at radius 2 is 1.50 bits per heavy atom. The average Bonchev–Trinajstić information content (AvgIpc) is 2.66. The van der Waals surface area contributed by atoms with Crippen LogP contribution in [-0.2, 0) is 9.59 Å². The highest BCUT2D eigenvalue weighted by Gasteiger charge is 2.06. The molecular formula is C19H19N3O4. The van der Waals surface area contributed by atoms with Crippen molar-refractivity contribution in [3.63, 3.8) is 0 Å². The van der Waals surface area contributed by atoms with Crippen molar-refractivity contribution in [3.05, 3.63) is 59.7 Å². The first-order valence-corrected chi connectivity index (χ1v) is 7.97. The molecule has 0 aliphatic rings. The molecule has 0 saturated heterocycles. The predicted molar refractivity (Wildman–Crippen MR) is 94.2 cm³/mol. The largest absolute Gasteiger partial charge is 0.493 e. The number of hydrogen-bond donors (Lipinski definition) is 2. The highest BCUT2D eigenvalue weighted by atomic mass is 16.5. The number of hydrogen-bond acceptors (Lipinski definition) is 5. The van der Waals surface area contributed by atoms with E-state index in [4.69, 9.17) is 14.7 Å². The van der Waals surface area contributed by atoms with E-state index in [1.54, 1.807) is 24.3 Å². The quantitative estimate of drug-likeness (QED) is 0.740. The number of carbonyl (C=O) groups is 2. The monoisotopic (exact) mass is 353 g/mol. The summed E-state index contributed by atoms with van der Waals surface area (Å²) in [5, 5.41) is 8.70. The summed E-state index contributed by atoms with van der Waals surface area (Å²) in [7, 11) is 0. The van der Waals surface area contributed by atoms with Crippen molar-refractivity contribution in [2.24, 2.45) is 0 Å². The molecule has 2 aromatic carbocycles. The van der Waals surface area contributed by atoms with Crippen molar-refractivity contribution in [1.82, 2.24) is 10.9 Å². The third-order valence-corrected chi connectivity index (χ3v) is 3.31. The Labute approximate surface area is 151 Å². The van der Waals surface area contributed by atoms with Crippen molar-refractivity contribution in [1.29, 1.82) is 5.26 Å². The lowest BCUT2D eigenvalue weighted by atomic mass is 10.2. The van der Waals surface area contributed by atoms with Gasteiger partial charge in [0, 0.05) is 0 Å². The third-order valence-electron chi connectivity index (χ3n) is 3.31. The summed E-state index contributed by atoms with van der Waals surface area (Å²) in [6.07, 6.45) is 0.102. The second kappa shape index (κ2) is 9.69. The number of benzene rings is 2. The molecule has 2 rings (SSSR count). The highest BCUT2D eigenvalue weighted by molar-refractivity contribution is 5.82. The molecule has 26 heavy (non-hydrogen) atoms. The summed E-state index contributed by atoms with van der Waals surface area (Å²) in [4.78, 5) is 23.3. The minimum Gasteiger partial charge on any atom is -0.493 e. The van der Waals surface area contributed by atoms with Crippen molar-refractivity contribution in [2.45, 2.75) is 13.3 Å². The SMILES string of the molecule is Cc1ccc(OCCC(=O)NNC(=O)COc2ccc(C#N)cc2)cc1. The smallest absolute Gasteiger partial charge is 0.276 e. The molecular weight excluding hydrogens is 334 g/mol. The molecule has 2 aromatic rings. The van der Waals surface area contributed by atoms with Crippen LogP contribution in [0.5, 0.6) is 11.5 Å². The van der Waals surface area contributed by atoms with E-state index in [1.165, 1.54) is 0 Å². The lowest BCUT2D eigenvalue weighted by molar-refractivity contribution is -0.130. The molecule has 0 spiro atoms. The van der Waals surface area contributed by atoms with Crippen LogP contribution in [0.15, 0.2) is 48.5 Å². The van der Waals surface area contributed by atoms with E-state index in [1.807, 2.05) is 37.3 Å². The van der Waals surface area contributed by atoms with E-state index >= 15 is 0 Å². The number of rotatable bonds is 7. The van der Waals surface area contributed by atoms with Crippen LogP contribution in [-0.4, -0.2) is 25.0 Å². The fraction of sp³-hybridized carbons (Fsp3) is 0.211. The first-order valence-electron chi connectivity index (χ1n) is 7.97. The first-order chi connectivity index (χ1) is 12.6. The maximum atomic E-state index is 11.7. The molecule has 0 fully saturated rings. The maximum absolute atomic E-state index is 11.7. The normalized spacial score (nSPS) is 9.69. The fourth-order valence-corrected chi connectivity index (χ4v) is 1.91. The summed E-state index contributed by atoms with van der Waals surface area (Å²) in [6.45, 7) is 1.92. The fourth-order valence-electron chi connectivity index (χ4n) is 1.91. The first kappa shape index (κ1) is 18.8. The van der Waals surface area contributed by atoms with Crippen molar-refractivity contribution >= 4 is 11.8 Å². The van der Waals surface area contributed by atoms with Crippen LogP contribution < -0.4 is 20.3 Å². The number of aryl methyl sites for hydroxylation is 1. The Balaban J connectivity index is 1.61. The number of ether oxygens (including phenoxy) is 2. The van der Waals surface area contributed by atoms with E-state index in [-0.39, 0.29) is 25.5 Å². The highest BCUT2D eigenvalue weighted by Crippen LogP contribution is 2.12. The van der Waals surface area contributed by atoms with Crippen LogP contribution in [0.1, 0.15) is 17.5 Å². The molecule has 2 N–H and O–H groups in total. The van der Waals surface area contributed by atoms with Gasteiger partial charge in [-0.05, 0) is 43.3 Å². The van der Waals surface area contributed by atoms with E-state index < -0.39 is 5.91 Å². The van der Waals surface area contributed by atoms with Gasteiger partial charge in [-0.3, -0.25) is 20.4 Å². The van der Waals surface area contributed by atoms with Crippen LogP contribution in [0, 0.1) is 18.3 Å². The molecule has 0 aromatic heterocycles. The molecule has 0 atom stereocenters. The Kier molecular flexibility index (Phi) is 7.01. The molecule has 0 heterocycles. The van der Waals surface area contributed by atoms with Gasteiger partial charge < -0.3 is 9.47 Å². The Morgan fingerprint density at radius 3 is 2.15 bits per heavy atom. The number of nitriles is 1. The lowest BCUT2D eigenvalue weighted by Gasteiger charge is -2.09. The molecule has 7 nitrogen and oxygen atoms in total. The molecule has 7 heteroatoms. The molecule has 0 unspecified atom stereocenters. The average molecular weight is 353 g/mol. The zero-order chi connectivity index (χ0) is 18.8. The molecule has 0 bridgehead atoms. The molecule has 0 radical (unpaired) electrons. The molecule has 0 aliphatic carbocycles. The van der Waals surface area contributed by atoms with Gasteiger partial charge in [0.25, 0.3) is 5.91 Å². The van der Waals surface area contributed by atoms with Gasteiger partial charge in [0.2, 0.25) is 5.91 Å². The van der Waals surface area contributed by atoms with E-state index in [9.17, 15) is 9.59 Å². The minimum atomic E-state index is -0.498. The molecule has 134 valence electrons. The summed E-state index contributed by atoms with van der Waals surface area (Å²) in [5.41, 5.74) is 6.18. The second-order valence-corrected chi connectivity index (χ2v) is 5.43. The van der Waals surface area contributed by atoms with Crippen molar-refractivity contribution in [3.8, 4) is 17.6 Å². The van der Waals surface area contributed by atoms with E-state index in [2.05, 4.69) is 10.9 Å².